The molecule has 0 aromatic heterocycles. The second-order valence-corrected chi connectivity index (χ2v) is 3.49. The molecule has 0 spiro atoms. The zero-order chi connectivity index (χ0) is 11.1. The van der Waals surface area contributed by atoms with Gasteiger partial charge < -0.3 is 0 Å². The van der Waals surface area contributed by atoms with E-state index in [9.17, 15) is 13.2 Å². The van der Waals surface area contributed by atoms with Gasteiger partial charge in [0.1, 0.15) is 0 Å². The van der Waals surface area contributed by atoms with Crippen LogP contribution in [0.5, 0.6) is 0 Å². The molecule has 90 valence electrons. The summed E-state index contributed by atoms with van der Waals surface area (Å²) in [6.07, 6.45) is -2.36. The Morgan fingerprint density at radius 1 is 1.00 bits per heavy atom. The van der Waals surface area contributed by atoms with Gasteiger partial charge in [-0.15, -0.1) is 0 Å². The molecule has 0 radical (unpaired) electrons. The van der Waals surface area contributed by atoms with E-state index in [4.69, 9.17) is 0 Å². The summed E-state index contributed by atoms with van der Waals surface area (Å²) in [5, 5.41) is 0. The summed E-state index contributed by atoms with van der Waals surface area (Å²) in [6, 6.07) is 0. The van der Waals surface area contributed by atoms with Crippen LogP contribution in [0.1, 0.15) is 53.9 Å². The number of hydrogen-bond donors (Lipinski definition) is 0. The van der Waals surface area contributed by atoms with Crippen molar-refractivity contribution in [1.82, 2.24) is 0 Å². The van der Waals surface area contributed by atoms with E-state index in [1.807, 2.05) is 20.8 Å². The van der Waals surface area contributed by atoms with Gasteiger partial charge >= 0.3 is 6.18 Å². The fraction of sp³-hybridized carbons (Fsp3) is 1.00. The predicted octanol–water partition coefficient (Wildman–Crippen LogP) is 4.79. The van der Waals surface area contributed by atoms with Gasteiger partial charge in [0.15, 0.2) is 0 Å². The Kier molecular flexibility index (Phi) is 13.6. The summed E-state index contributed by atoms with van der Waals surface area (Å²) < 4.78 is 36.5. The maximum atomic E-state index is 12.2. The first-order valence-corrected chi connectivity index (χ1v) is 4.88. The Morgan fingerprint density at radius 2 is 1.36 bits per heavy atom. The quantitative estimate of drug-likeness (QED) is 0.663. The Balaban J connectivity index is -0.000000376. The zero-order valence-electron chi connectivity index (χ0n) is 9.61. The Labute approximate surface area is 116 Å². The normalized spacial score (nSPS) is 11.1. The van der Waals surface area contributed by atoms with Gasteiger partial charge in [0.2, 0.25) is 0 Å². The smallest absolute Gasteiger partial charge is 0.171 e. The molecule has 0 saturated heterocycles. The summed E-state index contributed by atoms with van der Waals surface area (Å²) in [4.78, 5) is 0. The minimum absolute atomic E-state index is 0. The second-order valence-electron chi connectivity index (χ2n) is 3.49. The van der Waals surface area contributed by atoms with E-state index in [1.165, 1.54) is 13.8 Å². The van der Waals surface area contributed by atoms with Gasteiger partial charge in [-0.3, -0.25) is 0 Å². The molecule has 0 aromatic rings. The molecule has 0 aliphatic rings. The van der Waals surface area contributed by atoms with Gasteiger partial charge in [-0.2, -0.15) is 13.2 Å². The largest absolute Gasteiger partial charge is 0.393 e. The van der Waals surface area contributed by atoms with Crippen LogP contribution in [0.3, 0.4) is 0 Å². The SMILES string of the molecule is CC.CCCCC(C)(C)C(F)(F)F.[Ar]. The molecule has 0 unspecified atom stereocenters. The van der Waals surface area contributed by atoms with Gasteiger partial charge in [-0.1, -0.05) is 47.5 Å². The van der Waals surface area contributed by atoms with Crippen LogP contribution < -0.4 is 0 Å². The summed E-state index contributed by atoms with van der Waals surface area (Å²) >= 11 is 0. The molecular formula is C10H21ArF3. The number of hydrogen-bond acceptors (Lipinski definition) is 0. The molecule has 0 nitrogen and oxygen atoms in total. The molecule has 0 fully saturated rings. The number of halogens is 3. The van der Waals surface area contributed by atoms with Crippen molar-refractivity contribution in [3.8, 4) is 0 Å². The van der Waals surface area contributed by atoms with Crippen molar-refractivity contribution in [2.75, 3.05) is 0 Å². The Hall–Kier alpha value is 1.05. The molecule has 4 heteroatoms. The molecule has 0 bridgehead atoms. The maximum Gasteiger partial charge on any atom is 0.393 e. The van der Waals surface area contributed by atoms with Crippen molar-refractivity contribution in [1.29, 1.82) is 0 Å². The third-order valence-electron chi connectivity index (χ3n) is 1.92. The molecule has 0 aromatic carbocycles. The Morgan fingerprint density at radius 3 is 1.57 bits per heavy atom. The van der Waals surface area contributed by atoms with E-state index in [-0.39, 0.29) is 44.2 Å². The number of unbranched alkanes of at least 4 members (excludes halogenated alkanes) is 1. The summed E-state index contributed by atoms with van der Waals surface area (Å²) in [6.45, 7) is 8.40. The third kappa shape index (κ3) is 8.37. The van der Waals surface area contributed by atoms with E-state index < -0.39 is 11.6 Å². The molecule has 0 heterocycles. The molecule has 0 rings (SSSR count). The summed E-state index contributed by atoms with van der Waals surface area (Å²) in [7, 11) is 0. The predicted molar refractivity (Wildman–Crippen MR) is 50.7 cm³/mol. The molecule has 0 saturated carbocycles. The minimum atomic E-state index is -4.05. The van der Waals surface area contributed by atoms with Crippen LogP contribution in [-0.4, -0.2) is 6.18 Å². The van der Waals surface area contributed by atoms with Gasteiger partial charge in [-0.25, -0.2) is 0 Å². The average molecular weight is 238 g/mol. The van der Waals surface area contributed by atoms with Crippen LogP contribution in [0.2, 0.25) is 0 Å². The third-order valence-corrected chi connectivity index (χ3v) is 1.92. The fourth-order valence-electron chi connectivity index (χ4n) is 0.760. The molecule has 0 aliphatic heterocycles. The molecule has 0 atom stereocenters. The monoisotopic (exact) mass is 238 g/mol. The van der Waals surface area contributed by atoms with Crippen LogP contribution >= 0.6 is 0 Å². The molecule has 0 N–H and O–H groups in total. The van der Waals surface area contributed by atoms with Gasteiger partial charge in [0.25, 0.3) is 0 Å². The van der Waals surface area contributed by atoms with Crippen molar-refractivity contribution in [2.24, 2.45) is 5.41 Å². The average Bonchev–Trinajstić information content (AvgIpc) is 2.03. The maximum absolute atomic E-state index is 12.2. The number of alkyl halides is 3. The standard InChI is InChI=1S/C8H15F3.C2H6.Ar/c1-4-5-6-7(2,3)8(9,10)11;1-2;/h4-6H2,1-3H3;1-2H3;. The van der Waals surface area contributed by atoms with Crippen molar-refractivity contribution in [3.63, 3.8) is 0 Å². The van der Waals surface area contributed by atoms with E-state index in [2.05, 4.69) is 0 Å². The van der Waals surface area contributed by atoms with Crippen molar-refractivity contribution >= 4 is 0 Å². The molecule has 14 heavy (non-hydrogen) atoms. The van der Waals surface area contributed by atoms with Crippen LogP contribution in [0.25, 0.3) is 0 Å². The van der Waals surface area contributed by atoms with Crippen LogP contribution in [-0.2, 0) is 0 Å². The fourth-order valence-corrected chi connectivity index (χ4v) is 0.760. The van der Waals surface area contributed by atoms with Crippen molar-refractivity contribution in [2.45, 2.75) is 60.1 Å². The second kappa shape index (κ2) is 9.29. The minimum Gasteiger partial charge on any atom is -0.171 e. The van der Waals surface area contributed by atoms with E-state index in [0.717, 1.165) is 6.42 Å². The Bertz CT molecular complexity index is 119. The van der Waals surface area contributed by atoms with Gasteiger partial charge in [-0.05, 0) is 6.42 Å². The molecular weight excluding hydrogens is 217 g/mol. The summed E-state index contributed by atoms with van der Waals surface area (Å²) in [5.41, 5.74) is -1.51. The van der Waals surface area contributed by atoms with Crippen LogP contribution in [0.4, 0.5) is 13.2 Å². The zero-order valence-corrected chi connectivity index (χ0v) is 10.3. The van der Waals surface area contributed by atoms with E-state index in [1.54, 1.807) is 0 Å². The summed E-state index contributed by atoms with van der Waals surface area (Å²) in [5.74, 6) is 0. The first-order valence-electron chi connectivity index (χ1n) is 4.88. The van der Waals surface area contributed by atoms with Crippen LogP contribution in [0, 0.1) is 43.2 Å². The number of rotatable bonds is 3. The van der Waals surface area contributed by atoms with Gasteiger partial charge in [0.05, 0.1) is 5.41 Å². The molecule has 0 amide bonds. The van der Waals surface area contributed by atoms with Crippen molar-refractivity contribution < 1.29 is 50.9 Å². The topological polar surface area (TPSA) is 0 Å². The first kappa shape index (κ1) is 20.5. The first-order chi connectivity index (χ1) is 5.81. The molecule has 0 aliphatic carbocycles. The van der Waals surface area contributed by atoms with Crippen molar-refractivity contribution in [3.05, 3.63) is 0 Å². The van der Waals surface area contributed by atoms with Gasteiger partial charge in [0, 0.05) is 37.7 Å². The van der Waals surface area contributed by atoms with E-state index >= 15 is 0 Å². The van der Waals surface area contributed by atoms with Crippen LogP contribution in [0.15, 0.2) is 0 Å². The van der Waals surface area contributed by atoms with E-state index in [0.29, 0.717) is 6.42 Å².